The highest BCUT2D eigenvalue weighted by molar-refractivity contribution is 5.75. The molecule has 0 bridgehead atoms. The molecule has 0 heterocycles. The van der Waals surface area contributed by atoms with Crippen LogP contribution in [0.15, 0.2) is 0 Å². The molecule has 66 valence electrons. The first-order chi connectivity index (χ1) is 4.68. The largest absolute Gasteiger partial charge is 0.481 e. The SMILES string of the molecule is CC(=O)O.CC(C)(O)C(=O)O. The van der Waals surface area contributed by atoms with E-state index in [9.17, 15) is 4.79 Å². The summed E-state index contributed by atoms with van der Waals surface area (Å²) in [6, 6.07) is 0. The van der Waals surface area contributed by atoms with Crippen LogP contribution in [0.2, 0.25) is 0 Å². The maximum atomic E-state index is 9.77. The topological polar surface area (TPSA) is 94.8 Å². The fourth-order valence-electron chi connectivity index (χ4n) is 0. The molecule has 0 aromatic carbocycles. The maximum Gasteiger partial charge on any atom is 0.335 e. The van der Waals surface area contributed by atoms with E-state index in [1.54, 1.807) is 0 Å². The molecule has 0 spiro atoms. The highest BCUT2D eigenvalue weighted by atomic mass is 16.4. The van der Waals surface area contributed by atoms with Crippen LogP contribution in [0.25, 0.3) is 0 Å². The number of carboxylic acid groups (broad SMARTS) is 2. The van der Waals surface area contributed by atoms with Gasteiger partial charge in [-0.2, -0.15) is 0 Å². The molecule has 5 nitrogen and oxygen atoms in total. The van der Waals surface area contributed by atoms with Crippen LogP contribution in [0, 0.1) is 0 Å². The van der Waals surface area contributed by atoms with Gasteiger partial charge >= 0.3 is 5.97 Å². The molecular formula is C6H12O5. The van der Waals surface area contributed by atoms with Crippen molar-refractivity contribution < 1.29 is 24.9 Å². The van der Waals surface area contributed by atoms with Crippen LogP contribution in [-0.2, 0) is 9.59 Å². The van der Waals surface area contributed by atoms with Gasteiger partial charge in [0.2, 0.25) is 0 Å². The van der Waals surface area contributed by atoms with Crippen molar-refractivity contribution in [3.05, 3.63) is 0 Å². The summed E-state index contributed by atoms with van der Waals surface area (Å²) in [4.78, 5) is 18.8. The molecule has 0 aromatic heterocycles. The lowest BCUT2D eigenvalue weighted by Crippen LogP contribution is -2.30. The standard InChI is InChI=1S/C4H8O3.C2H4O2/c1-4(2,7)3(5)6;1-2(3)4/h7H,1-2H3,(H,5,6);1H3,(H,3,4). The Balaban J connectivity index is 0. The van der Waals surface area contributed by atoms with Gasteiger partial charge in [0.25, 0.3) is 5.97 Å². The fraction of sp³-hybridized carbons (Fsp3) is 0.667. The minimum absolute atomic E-state index is 0.833. The Hall–Kier alpha value is -1.10. The molecule has 5 heteroatoms. The zero-order valence-electron chi connectivity index (χ0n) is 6.66. The number of aliphatic hydroxyl groups is 1. The molecule has 0 aliphatic carbocycles. The van der Waals surface area contributed by atoms with E-state index in [0.29, 0.717) is 0 Å². The molecule has 0 aromatic rings. The van der Waals surface area contributed by atoms with Crippen LogP contribution in [0.3, 0.4) is 0 Å². The molecule has 0 amide bonds. The van der Waals surface area contributed by atoms with Gasteiger partial charge in [-0.25, -0.2) is 4.79 Å². The monoisotopic (exact) mass is 164 g/mol. The lowest BCUT2D eigenvalue weighted by Gasteiger charge is -2.07. The Kier molecular flexibility index (Phi) is 5.34. The Morgan fingerprint density at radius 2 is 1.27 bits per heavy atom. The maximum absolute atomic E-state index is 9.77. The van der Waals surface area contributed by atoms with Crippen LogP contribution in [0.1, 0.15) is 20.8 Å². The molecule has 11 heavy (non-hydrogen) atoms. The summed E-state index contributed by atoms with van der Waals surface area (Å²) in [5, 5.41) is 23.9. The van der Waals surface area contributed by atoms with Gasteiger partial charge in [0.05, 0.1) is 0 Å². The number of carboxylic acids is 2. The van der Waals surface area contributed by atoms with Gasteiger partial charge in [-0.3, -0.25) is 4.79 Å². The fourth-order valence-corrected chi connectivity index (χ4v) is 0. The average Bonchev–Trinajstić information content (AvgIpc) is 1.59. The summed E-state index contributed by atoms with van der Waals surface area (Å²) < 4.78 is 0. The van der Waals surface area contributed by atoms with E-state index in [0.717, 1.165) is 6.92 Å². The molecule has 0 radical (unpaired) electrons. The van der Waals surface area contributed by atoms with Gasteiger partial charge in [-0.05, 0) is 13.8 Å². The lowest BCUT2D eigenvalue weighted by atomic mass is 10.1. The van der Waals surface area contributed by atoms with Gasteiger partial charge < -0.3 is 15.3 Å². The highest BCUT2D eigenvalue weighted by Crippen LogP contribution is 1.97. The highest BCUT2D eigenvalue weighted by Gasteiger charge is 2.21. The van der Waals surface area contributed by atoms with Crippen molar-refractivity contribution in [1.82, 2.24) is 0 Å². The molecule has 0 rings (SSSR count). The molecule has 0 fully saturated rings. The Morgan fingerprint density at radius 1 is 1.18 bits per heavy atom. The first-order valence-electron chi connectivity index (χ1n) is 2.83. The van der Waals surface area contributed by atoms with Crippen LogP contribution < -0.4 is 0 Å². The predicted molar refractivity (Wildman–Crippen MR) is 37.2 cm³/mol. The number of aliphatic carboxylic acids is 2. The van der Waals surface area contributed by atoms with Gasteiger partial charge in [0.15, 0.2) is 5.60 Å². The summed E-state index contributed by atoms with van der Waals surface area (Å²) >= 11 is 0. The van der Waals surface area contributed by atoms with E-state index in [-0.39, 0.29) is 0 Å². The minimum atomic E-state index is -1.58. The third-order valence-electron chi connectivity index (χ3n) is 0.523. The van der Waals surface area contributed by atoms with Crippen molar-refractivity contribution >= 4 is 11.9 Å². The van der Waals surface area contributed by atoms with E-state index in [4.69, 9.17) is 20.1 Å². The normalized spacial score (nSPS) is 9.45. The molecule has 0 aliphatic rings. The quantitative estimate of drug-likeness (QED) is 0.504. The van der Waals surface area contributed by atoms with E-state index in [1.807, 2.05) is 0 Å². The molecular weight excluding hydrogens is 152 g/mol. The van der Waals surface area contributed by atoms with Crippen LogP contribution >= 0.6 is 0 Å². The van der Waals surface area contributed by atoms with E-state index in [2.05, 4.69) is 0 Å². The number of carbonyl (C=O) groups is 2. The first kappa shape index (κ1) is 12.6. The number of hydrogen-bond donors (Lipinski definition) is 3. The van der Waals surface area contributed by atoms with E-state index in [1.165, 1.54) is 13.8 Å². The Bertz CT molecular complexity index is 140. The van der Waals surface area contributed by atoms with Crippen molar-refractivity contribution in [3.63, 3.8) is 0 Å². The molecule has 0 atom stereocenters. The molecule has 0 unspecified atom stereocenters. The average molecular weight is 164 g/mol. The zero-order valence-corrected chi connectivity index (χ0v) is 6.66. The predicted octanol–water partition coefficient (Wildman–Crippen LogP) is -0.0672. The first-order valence-corrected chi connectivity index (χ1v) is 2.83. The number of hydrogen-bond acceptors (Lipinski definition) is 3. The van der Waals surface area contributed by atoms with Crippen molar-refractivity contribution in [1.29, 1.82) is 0 Å². The van der Waals surface area contributed by atoms with Crippen LogP contribution in [0.5, 0.6) is 0 Å². The van der Waals surface area contributed by atoms with Crippen molar-refractivity contribution in [2.75, 3.05) is 0 Å². The second-order valence-electron chi connectivity index (χ2n) is 2.38. The lowest BCUT2D eigenvalue weighted by molar-refractivity contribution is -0.154. The number of rotatable bonds is 1. The molecule has 0 saturated heterocycles. The van der Waals surface area contributed by atoms with Crippen molar-refractivity contribution in [3.8, 4) is 0 Å². The van der Waals surface area contributed by atoms with Gasteiger partial charge in [-0.15, -0.1) is 0 Å². The van der Waals surface area contributed by atoms with Crippen molar-refractivity contribution in [2.45, 2.75) is 26.4 Å². The second kappa shape index (κ2) is 4.68. The van der Waals surface area contributed by atoms with Crippen LogP contribution in [-0.4, -0.2) is 32.9 Å². The Morgan fingerprint density at radius 3 is 1.27 bits per heavy atom. The second-order valence-corrected chi connectivity index (χ2v) is 2.38. The molecule has 3 N–H and O–H groups in total. The van der Waals surface area contributed by atoms with E-state index < -0.39 is 17.5 Å². The molecule has 0 aliphatic heterocycles. The van der Waals surface area contributed by atoms with Crippen molar-refractivity contribution in [2.24, 2.45) is 0 Å². The summed E-state index contributed by atoms with van der Waals surface area (Å²) in [7, 11) is 0. The van der Waals surface area contributed by atoms with Crippen LogP contribution in [0.4, 0.5) is 0 Å². The smallest absolute Gasteiger partial charge is 0.335 e. The van der Waals surface area contributed by atoms with E-state index >= 15 is 0 Å². The zero-order chi connectivity index (χ0) is 9.65. The summed E-state index contributed by atoms with van der Waals surface area (Å²) in [5.74, 6) is -2.03. The molecule has 0 saturated carbocycles. The summed E-state index contributed by atoms with van der Waals surface area (Å²) in [5.41, 5.74) is -1.58. The third kappa shape index (κ3) is 17.6. The summed E-state index contributed by atoms with van der Waals surface area (Å²) in [6.45, 7) is 3.52. The minimum Gasteiger partial charge on any atom is -0.481 e. The van der Waals surface area contributed by atoms with Gasteiger partial charge in [0, 0.05) is 6.92 Å². The van der Waals surface area contributed by atoms with Gasteiger partial charge in [-0.1, -0.05) is 0 Å². The summed E-state index contributed by atoms with van der Waals surface area (Å²) in [6.07, 6.45) is 0. The Labute approximate surface area is 64.3 Å². The third-order valence-corrected chi connectivity index (χ3v) is 0.523. The van der Waals surface area contributed by atoms with Gasteiger partial charge in [0.1, 0.15) is 0 Å².